The van der Waals surface area contributed by atoms with Gasteiger partial charge in [0.2, 0.25) is 0 Å². The van der Waals surface area contributed by atoms with Gasteiger partial charge in [-0.05, 0) is 140 Å². The SMILES string of the molecule is CC1(C)C2=C(C=CCC2)c2ccc(N(c3ccc(-c4ccccc4)cc3)c3ccc(-c4ccc(-c5ccc6c(c5)c5c7ccccc7ccc5n6-c5ccccc5)cc4)cc3)cc21. The number of allylic oxidation sites excluding steroid dienone is 4. The molecule has 0 unspecified atom stereocenters. The molecular weight excluding hydrogens is 761 g/mol. The van der Waals surface area contributed by atoms with E-state index < -0.39 is 0 Å². The second kappa shape index (κ2) is 14.8. The molecule has 2 aliphatic rings. The fraction of sp³-hybridized carbons (Fsp3) is 0.0820. The van der Waals surface area contributed by atoms with Gasteiger partial charge >= 0.3 is 0 Å². The summed E-state index contributed by atoms with van der Waals surface area (Å²) in [5.74, 6) is 0. The van der Waals surface area contributed by atoms with Crippen molar-refractivity contribution in [3.8, 4) is 39.1 Å². The van der Waals surface area contributed by atoms with Gasteiger partial charge in [-0.3, -0.25) is 0 Å². The van der Waals surface area contributed by atoms with Crippen LogP contribution in [0.1, 0.15) is 37.8 Å². The highest BCUT2D eigenvalue weighted by atomic mass is 15.1. The summed E-state index contributed by atoms with van der Waals surface area (Å²) in [7, 11) is 0. The van der Waals surface area contributed by atoms with Gasteiger partial charge < -0.3 is 9.47 Å². The van der Waals surface area contributed by atoms with Crippen LogP contribution in [0.2, 0.25) is 0 Å². The normalized spacial score (nSPS) is 14.1. The molecule has 0 atom stereocenters. The largest absolute Gasteiger partial charge is 0.310 e. The molecule has 0 saturated heterocycles. The Balaban J connectivity index is 0.896. The monoisotopic (exact) mass is 806 g/mol. The summed E-state index contributed by atoms with van der Waals surface area (Å²) in [5.41, 5.74) is 20.0. The molecule has 63 heavy (non-hydrogen) atoms. The molecule has 9 aromatic carbocycles. The Kier molecular flexibility index (Phi) is 8.69. The van der Waals surface area contributed by atoms with E-state index in [4.69, 9.17) is 0 Å². The Morgan fingerprint density at radius 1 is 0.460 bits per heavy atom. The minimum absolute atomic E-state index is 0.00846. The van der Waals surface area contributed by atoms with E-state index in [0.29, 0.717) is 0 Å². The van der Waals surface area contributed by atoms with E-state index in [9.17, 15) is 0 Å². The van der Waals surface area contributed by atoms with Crippen molar-refractivity contribution in [3.63, 3.8) is 0 Å². The summed E-state index contributed by atoms with van der Waals surface area (Å²) in [4.78, 5) is 2.42. The third kappa shape index (κ3) is 6.16. The van der Waals surface area contributed by atoms with Crippen LogP contribution in [0.4, 0.5) is 17.1 Å². The van der Waals surface area contributed by atoms with Gasteiger partial charge in [-0.1, -0.05) is 171 Å². The van der Waals surface area contributed by atoms with Gasteiger partial charge in [0.25, 0.3) is 0 Å². The number of benzene rings is 9. The zero-order valence-electron chi connectivity index (χ0n) is 35.6. The second-order valence-corrected chi connectivity index (χ2v) is 17.6. The van der Waals surface area contributed by atoms with Crippen molar-refractivity contribution in [2.24, 2.45) is 0 Å². The fourth-order valence-corrected chi connectivity index (χ4v) is 10.5. The average Bonchev–Trinajstić information content (AvgIpc) is 3.80. The van der Waals surface area contributed by atoms with Crippen LogP contribution in [-0.4, -0.2) is 4.57 Å². The Morgan fingerprint density at radius 2 is 1.02 bits per heavy atom. The molecule has 0 radical (unpaired) electrons. The van der Waals surface area contributed by atoms with Crippen LogP contribution in [0, 0.1) is 0 Å². The molecule has 0 spiro atoms. The van der Waals surface area contributed by atoms with E-state index in [0.717, 1.165) is 24.2 Å². The minimum Gasteiger partial charge on any atom is -0.310 e. The van der Waals surface area contributed by atoms with Crippen LogP contribution in [-0.2, 0) is 5.41 Å². The van der Waals surface area contributed by atoms with Crippen molar-refractivity contribution in [3.05, 3.63) is 235 Å². The maximum absolute atomic E-state index is 2.44. The third-order valence-electron chi connectivity index (χ3n) is 13.7. The van der Waals surface area contributed by atoms with Gasteiger partial charge in [0.1, 0.15) is 0 Å². The van der Waals surface area contributed by atoms with Crippen LogP contribution >= 0.6 is 0 Å². The molecule has 0 aliphatic heterocycles. The molecule has 0 amide bonds. The van der Waals surface area contributed by atoms with E-state index in [1.54, 1.807) is 5.57 Å². The van der Waals surface area contributed by atoms with Crippen LogP contribution in [0.3, 0.4) is 0 Å². The molecule has 12 rings (SSSR count). The Bertz CT molecular complexity index is 3420. The molecule has 0 saturated carbocycles. The number of para-hydroxylation sites is 1. The zero-order chi connectivity index (χ0) is 42.1. The first-order chi connectivity index (χ1) is 31.0. The van der Waals surface area contributed by atoms with Gasteiger partial charge in [0.15, 0.2) is 0 Å². The predicted octanol–water partition coefficient (Wildman–Crippen LogP) is 16.8. The number of aromatic nitrogens is 1. The van der Waals surface area contributed by atoms with Gasteiger partial charge in [-0.2, -0.15) is 0 Å². The molecule has 1 aromatic heterocycles. The standard InChI is InChI=1S/C61H46N2/c1-61(2)56-20-12-11-19-53(56)54-36-35-51(40-57(54)61)62(49-31-25-43(26-32-49)41-13-5-3-6-14-41)50-33-27-44(28-34-50)42-21-23-45(24-22-42)47-30-37-58-55(39-47)60-52-18-10-9-15-46(52)29-38-59(60)63(58)48-16-7-4-8-17-48/h3-11,13-19,21-40H,12,20H2,1-2H3. The Hall–Kier alpha value is -7.68. The summed E-state index contributed by atoms with van der Waals surface area (Å²) in [6, 6.07) is 75.9. The molecule has 0 bridgehead atoms. The maximum atomic E-state index is 2.44. The van der Waals surface area contributed by atoms with Crippen LogP contribution in [0.5, 0.6) is 0 Å². The van der Waals surface area contributed by atoms with E-state index in [1.807, 2.05) is 0 Å². The lowest BCUT2D eigenvalue weighted by molar-refractivity contribution is 0.607. The molecule has 0 fully saturated rings. The molecule has 0 N–H and O–H groups in total. The minimum atomic E-state index is -0.00846. The summed E-state index contributed by atoms with van der Waals surface area (Å²) >= 11 is 0. The van der Waals surface area contributed by atoms with Crippen molar-refractivity contribution in [1.29, 1.82) is 0 Å². The molecule has 2 heteroatoms. The number of hydrogen-bond donors (Lipinski definition) is 0. The molecule has 10 aromatic rings. The van der Waals surface area contributed by atoms with Gasteiger partial charge in [-0.25, -0.2) is 0 Å². The summed E-state index contributed by atoms with van der Waals surface area (Å²) in [5, 5.41) is 5.10. The number of rotatable bonds is 7. The highest BCUT2D eigenvalue weighted by Crippen LogP contribution is 2.52. The first-order valence-corrected chi connectivity index (χ1v) is 22.2. The number of hydrogen-bond acceptors (Lipinski definition) is 1. The summed E-state index contributed by atoms with van der Waals surface area (Å²) in [6.45, 7) is 4.81. The molecular formula is C61H46N2. The van der Waals surface area contributed by atoms with Crippen LogP contribution in [0.25, 0.3) is 77.2 Å². The van der Waals surface area contributed by atoms with E-state index in [2.05, 4.69) is 242 Å². The van der Waals surface area contributed by atoms with Crippen molar-refractivity contribution in [2.45, 2.75) is 32.1 Å². The van der Waals surface area contributed by atoms with E-state index >= 15 is 0 Å². The lowest BCUT2D eigenvalue weighted by atomic mass is 9.78. The molecule has 2 nitrogen and oxygen atoms in total. The van der Waals surface area contributed by atoms with E-state index in [1.165, 1.54) is 94.0 Å². The molecule has 300 valence electrons. The first kappa shape index (κ1) is 37.1. The fourth-order valence-electron chi connectivity index (χ4n) is 10.5. The lowest BCUT2D eigenvalue weighted by Gasteiger charge is -2.29. The zero-order valence-corrected chi connectivity index (χ0v) is 35.6. The first-order valence-electron chi connectivity index (χ1n) is 22.2. The third-order valence-corrected chi connectivity index (χ3v) is 13.7. The maximum Gasteiger partial charge on any atom is 0.0547 e. The van der Waals surface area contributed by atoms with Crippen LogP contribution < -0.4 is 4.90 Å². The quantitative estimate of drug-likeness (QED) is 0.156. The van der Waals surface area contributed by atoms with E-state index in [-0.39, 0.29) is 5.41 Å². The highest BCUT2D eigenvalue weighted by Gasteiger charge is 2.37. The predicted molar refractivity (Wildman–Crippen MR) is 268 cm³/mol. The van der Waals surface area contributed by atoms with Crippen molar-refractivity contribution in [1.82, 2.24) is 4.57 Å². The molecule has 2 aliphatic carbocycles. The van der Waals surface area contributed by atoms with Crippen LogP contribution in [0.15, 0.2) is 224 Å². The highest BCUT2D eigenvalue weighted by molar-refractivity contribution is 6.22. The number of nitrogens with zero attached hydrogens (tertiary/aromatic N) is 2. The topological polar surface area (TPSA) is 8.17 Å². The van der Waals surface area contributed by atoms with Gasteiger partial charge in [0, 0.05) is 38.9 Å². The number of fused-ring (bicyclic) bond motifs is 7. The molecule has 1 heterocycles. The summed E-state index contributed by atoms with van der Waals surface area (Å²) < 4.78 is 2.40. The van der Waals surface area contributed by atoms with Crippen molar-refractivity contribution < 1.29 is 0 Å². The smallest absolute Gasteiger partial charge is 0.0547 e. The average molecular weight is 807 g/mol. The Morgan fingerprint density at radius 3 is 1.71 bits per heavy atom. The van der Waals surface area contributed by atoms with Gasteiger partial charge in [-0.15, -0.1) is 0 Å². The second-order valence-electron chi connectivity index (χ2n) is 17.6. The summed E-state index contributed by atoms with van der Waals surface area (Å²) in [6.07, 6.45) is 6.93. The van der Waals surface area contributed by atoms with Crippen molar-refractivity contribution in [2.75, 3.05) is 4.90 Å². The Labute approximate surface area is 369 Å². The lowest BCUT2D eigenvalue weighted by Crippen LogP contribution is -2.18. The van der Waals surface area contributed by atoms with Crippen molar-refractivity contribution >= 4 is 55.2 Å². The van der Waals surface area contributed by atoms with Gasteiger partial charge in [0.05, 0.1) is 11.0 Å². The number of anilines is 3.